The Morgan fingerprint density at radius 1 is 1.39 bits per heavy atom. The molecule has 1 aliphatic carbocycles. The summed E-state index contributed by atoms with van der Waals surface area (Å²) in [5.41, 5.74) is -1.04. The van der Waals surface area contributed by atoms with Crippen molar-refractivity contribution in [3.63, 3.8) is 0 Å². The van der Waals surface area contributed by atoms with Gasteiger partial charge in [0, 0.05) is 12.8 Å². The normalized spacial score (nSPS) is 23.4. The summed E-state index contributed by atoms with van der Waals surface area (Å²) < 4.78 is 5.22. The van der Waals surface area contributed by atoms with Crippen LogP contribution < -0.4 is 0 Å². The van der Waals surface area contributed by atoms with E-state index in [9.17, 15) is 14.4 Å². The molecule has 0 heterocycles. The molecule has 0 amide bonds. The Kier molecular flexibility index (Phi) is 5.05. The molecule has 0 N–H and O–H groups in total. The second kappa shape index (κ2) is 6.12. The van der Waals surface area contributed by atoms with Crippen LogP contribution in [0.3, 0.4) is 0 Å². The van der Waals surface area contributed by atoms with Crippen molar-refractivity contribution in [1.29, 1.82) is 0 Å². The predicted molar refractivity (Wildman–Crippen MR) is 67.0 cm³/mol. The van der Waals surface area contributed by atoms with Crippen molar-refractivity contribution in [2.24, 2.45) is 11.3 Å². The van der Waals surface area contributed by atoms with Crippen molar-refractivity contribution >= 4 is 17.5 Å². The second-order valence-corrected chi connectivity index (χ2v) is 5.55. The van der Waals surface area contributed by atoms with Crippen molar-refractivity contribution < 1.29 is 19.1 Å². The summed E-state index contributed by atoms with van der Waals surface area (Å²) in [5.74, 6) is -0.237. The Labute approximate surface area is 108 Å². The van der Waals surface area contributed by atoms with Crippen LogP contribution in [0.4, 0.5) is 0 Å². The highest BCUT2D eigenvalue weighted by Crippen LogP contribution is 2.40. The lowest BCUT2D eigenvalue weighted by Crippen LogP contribution is -2.38. The average molecular weight is 254 g/mol. The fourth-order valence-corrected chi connectivity index (χ4v) is 2.28. The number of hydrogen-bond acceptors (Lipinski definition) is 4. The van der Waals surface area contributed by atoms with E-state index in [0.717, 1.165) is 0 Å². The van der Waals surface area contributed by atoms with Gasteiger partial charge in [0.05, 0.1) is 6.61 Å². The molecule has 1 atom stereocenters. The molecule has 0 spiro atoms. The van der Waals surface area contributed by atoms with Crippen LogP contribution in [0.25, 0.3) is 0 Å². The van der Waals surface area contributed by atoms with Gasteiger partial charge in [0.1, 0.15) is 17.0 Å². The molecule has 0 radical (unpaired) electrons. The quantitative estimate of drug-likeness (QED) is 0.539. The van der Waals surface area contributed by atoms with Crippen molar-refractivity contribution in [1.82, 2.24) is 0 Å². The summed E-state index contributed by atoms with van der Waals surface area (Å²) in [6.45, 7) is 5.71. The molecule has 1 aliphatic rings. The van der Waals surface area contributed by atoms with E-state index < -0.39 is 11.4 Å². The van der Waals surface area contributed by atoms with Crippen LogP contribution in [0, 0.1) is 11.3 Å². The van der Waals surface area contributed by atoms with Gasteiger partial charge in [-0.15, -0.1) is 0 Å². The van der Waals surface area contributed by atoms with Crippen LogP contribution in [-0.4, -0.2) is 24.1 Å². The van der Waals surface area contributed by atoms with Crippen LogP contribution in [0.15, 0.2) is 0 Å². The van der Waals surface area contributed by atoms with Crippen LogP contribution in [-0.2, 0) is 19.1 Å². The van der Waals surface area contributed by atoms with Crippen LogP contribution in [0.5, 0.6) is 0 Å². The predicted octanol–water partition coefficient (Wildman–Crippen LogP) is 2.29. The smallest absolute Gasteiger partial charge is 0.319 e. The average Bonchev–Trinajstić information content (AvgIpc) is 2.66. The number of carbonyl (C=O) groups excluding carboxylic acids is 3. The van der Waals surface area contributed by atoms with Crippen molar-refractivity contribution in [3.8, 4) is 0 Å². The largest absolute Gasteiger partial charge is 0.465 e. The number of ether oxygens (including phenoxy) is 1. The number of rotatable bonds is 6. The number of Topliss-reactive ketones (excluding diaryl/α,β-unsaturated/α-hetero) is 2. The van der Waals surface area contributed by atoms with Gasteiger partial charge >= 0.3 is 5.97 Å². The molecule has 0 unspecified atom stereocenters. The number of carbonyl (C=O) groups is 3. The zero-order chi connectivity index (χ0) is 13.8. The van der Waals surface area contributed by atoms with E-state index in [1.807, 2.05) is 13.8 Å². The Bertz CT molecular complexity index is 346. The lowest BCUT2D eigenvalue weighted by Gasteiger charge is -2.25. The summed E-state index contributed by atoms with van der Waals surface area (Å²) in [6, 6.07) is 0. The van der Waals surface area contributed by atoms with E-state index in [0.29, 0.717) is 32.3 Å². The van der Waals surface area contributed by atoms with E-state index in [4.69, 9.17) is 4.74 Å². The fraction of sp³-hybridized carbons (Fsp3) is 0.786. The SMILES string of the molecule is CC(=O)CC[C@]1(C(=O)OCC(C)C)CCCC1=O. The van der Waals surface area contributed by atoms with Gasteiger partial charge in [-0.05, 0) is 32.1 Å². The highest BCUT2D eigenvalue weighted by Gasteiger charge is 2.49. The molecule has 0 saturated heterocycles. The molecule has 1 fully saturated rings. The minimum absolute atomic E-state index is 0.00531. The van der Waals surface area contributed by atoms with Gasteiger partial charge < -0.3 is 9.53 Å². The summed E-state index contributed by atoms with van der Waals surface area (Å²) in [7, 11) is 0. The highest BCUT2D eigenvalue weighted by atomic mass is 16.5. The number of esters is 1. The third kappa shape index (κ3) is 3.40. The van der Waals surface area contributed by atoms with Gasteiger partial charge in [-0.25, -0.2) is 0 Å². The summed E-state index contributed by atoms with van der Waals surface area (Å²) >= 11 is 0. The maximum absolute atomic E-state index is 12.1. The van der Waals surface area contributed by atoms with Crippen molar-refractivity contribution in [3.05, 3.63) is 0 Å². The number of ketones is 2. The van der Waals surface area contributed by atoms with Crippen molar-refractivity contribution in [2.45, 2.75) is 52.9 Å². The maximum atomic E-state index is 12.1. The van der Waals surface area contributed by atoms with E-state index in [2.05, 4.69) is 0 Å². The molecular weight excluding hydrogens is 232 g/mol. The molecular formula is C14H22O4. The third-order valence-corrected chi connectivity index (χ3v) is 3.38. The van der Waals surface area contributed by atoms with E-state index in [1.54, 1.807) is 0 Å². The Morgan fingerprint density at radius 2 is 2.06 bits per heavy atom. The van der Waals surface area contributed by atoms with Crippen molar-refractivity contribution in [2.75, 3.05) is 6.61 Å². The highest BCUT2D eigenvalue weighted by molar-refractivity contribution is 6.05. The summed E-state index contributed by atoms with van der Waals surface area (Å²) in [5, 5.41) is 0. The van der Waals surface area contributed by atoms with E-state index >= 15 is 0 Å². The zero-order valence-electron chi connectivity index (χ0n) is 11.5. The van der Waals surface area contributed by atoms with Crippen LogP contribution in [0.1, 0.15) is 52.9 Å². The first-order chi connectivity index (χ1) is 8.38. The molecule has 0 aromatic heterocycles. The molecule has 0 aromatic rings. The van der Waals surface area contributed by atoms with Gasteiger partial charge in [0.25, 0.3) is 0 Å². The molecule has 1 rings (SSSR count). The monoisotopic (exact) mass is 254 g/mol. The molecule has 1 saturated carbocycles. The standard InChI is InChI=1S/C14H22O4/c1-10(2)9-18-13(17)14(8-6-11(3)15)7-4-5-12(14)16/h10H,4-9H2,1-3H3/t14-/m1/s1. The second-order valence-electron chi connectivity index (χ2n) is 5.55. The van der Waals surface area contributed by atoms with Gasteiger partial charge in [0.15, 0.2) is 0 Å². The molecule has 4 nitrogen and oxygen atoms in total. The number of hydrogen-bond donors (Lipinski definition) is 0. The molecule has 18 heavy (non-hydrogen) atoms. The lowest BCUT2D eigenvalue weighted by atomic mass is 9.80. The van der Waals surface area contributed by atoms with Gasteiger partial charge in [-0.2, -0.15) is 0 Å². The molecule has 0 aromatic carbocycles. The molecule has 102 valence electrons. The third-order valence-electron chi connectivity index (χ3n) is 3.38. The van der Waals surface area contributed by atoms with Gasteiger partial charge in [0.2, 0.25) is 0 Å². The lowest BCUT2D eigenvalue weighted by molar-refractivity contribution is -0.160. The summed E-state index contributed by atoms with van der Waals surface area (Å²) in [4.78, 5) is 35.2. The first-order valence-electron chi connectivity index (χ1n) is 6.58. The Hall–Kier alpha value is -1.19. The molecule has 0 bridgehead atoms. The van der Waals surface area contributed by atoms with Gasteiger partial charge in [-0.3, -0.25) is 9.59 Å². The zero-order valence-corrected chi connectivity index (χ0v) is 11.5. The van der Waals surface area contributed by atoms with E-state index in [1.165, 1.54) is 6.92 Å². The van der Waals surface area contributed by atoms with Crippen LogP contribution in [0.2, 0.25) is 0 Å². The Balaban J connectivity index is 2.74. The topological polar surface area (TPSA) is 60.4 Å². The van der Waals surface area contributed by atoms with Crippen LogP contribution >= 0.6 is 0 Å². The molecule has 4 heteroatoms. The Morgan fingerprint density at radius 3 is 2.50 bits per heavy atom. The minimum atomic E-state index is -1.04. The fourth-order valence-electron chi connectivity index (χ4n) is 2.28. The van der Waals surface area contributed by atoms with E-state index in [-0.39, 0.29) is 23.9 Å². The molecule has 0 aliphatic heterocycles. The summed E-state index contributed by atoms with van der Waals surface area (Å²) in [6.07, 6.45) is 2.23. The van der Waals surface area contributed by atoms with Gasteiger partial charge in [-0.1, -0.05) is 13.8 Å². The first-order valence-corrected chi connectivity index (χ1v) is 6.58. The minimum Gasteiger partial charge on any atom is -0.465 e. The maximum Gasteiger partial charge on any atom is 0.319 e. The first kappa shape index (κ1) is 14.9.